The maximum atomic E-state index is 5.63. The van der Waals surface area contributed by atoms with Crippen LogP contribution in [0.1, 0.15) is 35.7 Å². The molecule has 1 unspecified atom stereocenters. The van der Waals surface area contributed by atoms with Crippen LogP contribution in [0.3, 0.4) is 0 Å². The van der Waals surface area contributed by atoms with E-state index in [1.54, 1.807) is 18.4 Å². The SMILES string of the molecule is COCCNCCCc1nnc(CCC2CCCO2)s1. The van der Waals surface area contributed by atoms with Gasteiger partial charge in [-0.2, -0.15) is 0 Å². The Morgan fingerprint density at radius 1 is 1.30 bits per heavy atom. The zero-order valence-electron chi connectivity index (χ0n) is 12.3. The van der Waals surface area contributed by atoms with Gasteiger partial charge in [0.2, 0.25) is 0 Å². The number of methoxy groups -OCH3 is 1. The molecule has 2 rings (SSSR count). The molecule has 0 bridgehead atoms. The molecule has 0 spiro atoms. The van der Waals surface area contributed by atoms with E-state index in [-0.39, 0.29) is 0 Å². The van der Waals surface area contributed by atoms with Crippen LogP contribution in [0.5, 0.6) is 0 Å². The fourth-order valence-corrected chi connectivity index (χ4v) is 3.21. The van der Waals surface area contributed by atoms with E-state index in [1.165, 1.54) is 12.8 Å². The lowest BCUT2D eigenvalue weighted by Gasteiger charge is -2.06. The minimum Gasteiger partial charge on any atom is -0.383 e. The first kappa shape index (κ1) is 15.8. The fourth-order valence-electron chi connectivity index (χ4n) is 2.31. The number of ether oxygens (including phenoxy) is 2. The van der Waals surface area contributed by atoms with E-state index < -0.39 is 0 Å². The summed E-state index contributed by atoms with van der Waals surface area (Å²) in [7, 11) is 1.72. The Morgan fingerprint density at radius 2 is 2.15 bits per heavy atom. The molecule has 1 atom stereocenters. The van der Waals surface area contributed by atoms with Crippen molar-refractivity contribution in [2.24, 2.45) is 0 Å². The number of aromatic nitrogens is 2. The Labute approximate surface area is 125 Å². The van der Waals surface area contributed by atoms with Crippen LogP contribution in [-0.2, 0) is 22.3 Å². The van der Waals surface area contributed by atoms with Gasteiger partial charge in [0.05, 0.1) is 12.7 Å². The topological polar surface area (TPSA) is 56.3 Å². The van der Waals surface area contributed by atoms with Gasteiger partial charge in [0.15, 0.2) is 0 Å². The lowest BCUT2D eigenvalue weighted by atomic mass is 10.1. The van der Waals surface area contributed by atoms with Crippen molar-refractivity contribution in [3.05, 3.63) is 10.0 Å². The predicted octanol–water partition coefficient (Wildman–Crippen LogP) is 1.82. The van der Waals surface area contributed by atoms with Crippen LogP contribution < -0.4 is 5.32 Å². The van der Waals surface area contributed by atoms with Gasteiger partial charge in [-0.15, -0.1) is 21.5 Å². The summed E-state index contributed by atoms with van der Waals surface area (Å²) in [6.45, 7) is 3.63. The third-order valence-electron chi connectivity index (χ3n) is 3.44. The largest absolute Gasteiger partial charge is 0.383 e. The van der Waals surface area contributed by atoms with Crippen LogP contribution in [0.4, 0.5) is 0 Å². The molecule has 20 heavy (non-hydrogen) atoms. The van der Waals surface area contributed by atoms with Gasteiger partial charge in [0, 0.05) is 33.1 Å². The Bertz CT molecular complexity index is 367. The van der Waals surface area contributed by atoms with E-state index in [1.807, 2.05) is 0 Å². The van der Waals surface area contributed by atoms with Crippen LogP contribution >= 0.6 is 11.3 Å². The second-order valence-electron chi connectivity index (χ2n) is 5.11. The predicted molar refractivity (Wildman–Crippen MR) is 80.3 cm³/mol. The van der Waals surface area contributed by atoms with Crippen molar-refractivity contribution < 1.29 is 9.47 Å². The van der Waals surface area contributed by atoms with Gasteiger partial charge in [0.25, 0.3) is 0 Å². The maximum Gasteiger partial charge on any atom is 0.117 e. The second kappa shape index (κ2) is 9.39. The van der Waals surface area contributed by atoms with E-state index in [4.69, 9.17) is 9.47 Å². The Morgan fingerprint density at radius 3 is 2.90 bits per heavy atom. The summed E-state index contributed by atoms with van der Waals surface area (Å²) in [5.41, 5.74) is 0. The van der Waals surface area contributed by atoms with E-state index in [0.717, 1.165) is 62.0 Å². The minimum absolute atomic E-state index is 0.451. The van der Waals surface area contributed by atoms with E-state index >= 15 is 0 Å². The summed E-state index contributed by atoms with van der Waals surface area (Å²) in [6.07, 6.45) is 7.08. The summed E-state index contributed by atoms with van der Waals surface area (Å²) in [5.74, 6) is 0. The zero-order valence-corrected chi connectivity index (χ0v) is 13.1. The average molecular weight is 299 g/mol. The molecule has 0 saturated carbocycles. The summed E-state index contributed by atoms with van der Waals surface area (Å²) in [5, 5.41) is 14.2. The van der Waals surface area contributed by atoms with Gasteiger partial charge in [-0.1, -0.05) is 0 Å². The van der Waals surface area contributed by atoms with Crippen LogP contribution in [0.2, 0.25) is 0 Å². The number of rotatable bonds is 10. The summed E-state index contributed by atoms with van der Waals surface area (Å²) in [6, 6.07) is 0. The van der Waals surface area contributed by atoms with Gasteiger partial charge in [-0.25, -0.2) is 0 Å². The van der Waals surface area contributed by atoms with Crippen LogP contribution in [-0.4, -0.2) is 49.7 Å². The lowest BCUT2D eigenvalue weighted by molar-refractivity contribution is 0.104. The molecular formula is C14H25N3O2S. The van der Waals surface area contributed by atoms with E-state index in [0.29, 0.717) is 6.10 Å². The number of hydrogen-bond donors (Lipinski definition) is 1. The highest BCUT2D eigenvalue weighted by molar-refractivity contribution is 7.11. The summed E-state index contributed by atoms with van der Waals surface area (Å²) < 4.78 is 10.6. The summed E-state index contributed by atoms with van der Waals surface area (Å²) in [4.78, 5) is 0. The zero-order chi connectivity index (χ0) is 14.0. The third kappa shape index (κ3) is 5.83. The smallest absolute Gasteiger partial charge is 0.117 e. The fraction of sp³-hybridized carbons (Fsp3) is 0.857. The molecule has 1 aromatic rings. The van der Waals surface area contributed by atoms with Gasteiger partial charge in [-0.05, 0) is 32.2 Å². The standard InChI is InChI=1S/C14H25N3O2S/c1-18-11-9-15-8-2-5-13-16-17-14(20-13)7-6-12-4-3-10-19-12/h12,15H,2-11H2,1H3. The molecular weight excluding hydrogens is 274 g/mol. The molecule has 1 fully saturated rings. The minimum atomic E-state index is 0.451. The van der Waals surface area contributed by atoms with Crippen molar-refractivity contribution in [1.82, 2.24) is 15.5 Å². The van der Waals surface area contributed by atoms with Crippen molar-refractivity contribution in [2.75, 3.05) is 33.4 Å². The number of aryl methyl sites for hydroxylation is 2. The van der Waals surface area contributed by atoms with E-state index in [2.05, 4.69) is 15.5 Å². The van der Waals surface area contributed by atoms with Crippen molar-refractivity contribution >= 4 is 11.3 Å². The maximum absolute atomic E-state index is 5.63. The average Bonchev–Trinajstić information content (AvgIpc) is 3.11. The van der Waals surface area contributed by atoms with Gasteiger partial charge >= 0.3 is 0 Å². The lowest BCUT2D eigenvalue weighted by Crippen LogP contribution is -2.20. The first-order chi connectivity index (χ1) is 9.88. The van der Waals surface area contributed by atoms with Crippen molar-refractivity contribution in [2.45, 2.75) is 44.6 Å². The molecule has 0 aromatic carbocycles. The highest BCUT2D eigenvalue weighted by atomic mass is 32.1. The molecule has 1 aliphatic rings. The normalized spacial score (nSPS) is 18.8. The molecule has 1 saturated heterocycles. The highest BCUT2D eigenvalue weighted by Gasteiger charge is 2.16. The van der Waals surface area contributed by atoms with Gasteiger partial charge in [0.1, 0.15) is 10.0 Å². The van der Waals surface area contributed by atoms with E-state index in [9.17, 15) is 0 Å². The third-order valence-corrected chi connectivity index (χ3v) is 4.48. The number of nitrogens with zero attached hydrogens (tertiary/aromatic N) is 2. The molecule has 0 aliphatic carbocycles. The molecule has 0 amide bonds. The number of nitrogens with one attached hydrogen (secondary N) is 1. The first-order valence-corrected chi connectivity index (χ1v) is 8.32. The van der Waals surface area contributed by atoms with Gasteiger partial charge < -0.3 is 14.8 Å². The first-order valence-electron chi connectivity index (χ1n) is 7.51. The van der Waals surface area contributed by atoms with Crippen molar-refractivity contribution in [3.8, 4) is 0 Å². The molecule has 0 radical (unpaired) electrons. The molecule has 1 aliphatic heterocycles. The monoisotopic (exact) mass is 299 g/mol. The Hall–Kier alpha value is -0.560. The molecule has 1 aromatic heterocycles. The van der Waals surface area contributed by atoms with Crippen LogP contribution in [0, 0.1) is 0 Å². The molecule has 5 nitrogen and oxygen atoms in total. The van der Waals surface area contributed by atoms with Crippen molar-refractivity contribution in [3.63, 3.8) is 0 Å². The molecule has 2 heterocycles. The van der Waals surface area contributed by atoms with Crippen molar-refractivity contribution in [1.29, 1.82) is 0 Å². The van der Waals surface area contributed by atoms with Crippen LogP contribution in [0.15, 0.2) is 0 Å². The highest BCUT2D eigenvalue weighted by Crippen LogP contribution is 2.19. The Kier molecular flexibility index (Phi) is 7.43. The van der Waals surface area contributed by atoms with Crippen LogP contribution in [0.25, 0.3) is 0 Å². The van der Waals surface area contributed by atoms with Gasteiger partial charge in [-0.3, -0.25) is 0 Å². The summed E-state index contributed by atoms with van der Waals surface area (Å²) >= 11 is 1.75. The second-order valence-corrected chi connectivity index (χ2v) is 6.26. The Balaban J connectivity index is 1.57. The molecule has 1 N–H and O–H groups in total. The molecule has 114 valence electrons. The molecule has 6 heteroatoms. The quantitative estimate of drug-likeness (QED) is 0.668. The number of hydrogen-bond acceptors (Lipinski definition) is 6.